The number of anilines is 4. The molecule has 0 atom stereocenters. The Morgan fingerprint density at radius 1 is 1.29 bits per heavy atom. The number of hydrogen-bond acceptors (Lipinski definition) is 10. The maximum atomic E-state index is 10.3. The summed E-state index contributed by atoms with van der Waals surface area (Å²) in [5.41, 5.74) is 2.33. The van der Waals surface area contributed by atoms with Gasteiger partial charge in [-0.2, -0.15) is 15.2 Å². The van der Waals surface area contributed by atoms with Crippen LogP contribution in [-0.2, 0) is 4.74 Å². The SMILES string of the molecule is COc1cc(N2CCCS2(O)O)ccc1Nc1nc(NC2CCOCC2)c2c(C#N)c[nH]c2n1. The summed E-state index contributed by atoms with van der Waals surface area (Å²) in [6.45, 7) is 1.94. The molecule has 3 aromatic rings. The van der Waals surface area contributed by atoms with Gasteiger partial charge in [-0.3, -0.25) is 13.4 Å². The normalized spacial score (nSPS) is 19.1. The van der Waals surface area contributed by atoms with Crippen LogP contribution >= 0.6 is 10.8 Å². The second-order valence-electron chi connectivity index (χ2n) is 8.27. The van der Waals surface area contributed by atoms with E-state index in [4.69, 9.17) is 9.47 Å². The molecule has 0 aliphatic carbocycles. The number of nitrogens with zero attached hydrogens (tertiary/aromatic N) is 4. The number of ether oxygens (including phenoxy) is 2. The van der Waals surface area contributed by atoms with E-state index >= 15 is 0 Å². The van der Waals surface area contributed by atoms with Crippen LogP contribution in [0.25, 0.3) is 11.0 Å². The van der Waals surface area contributed by atoms with Gasteiger partial charge in [0.05, 0.1) is 35.2 Å². The summed E-state index contributed by atoms with van der Waals surface area (Å²) in [5, 5.41) is 16.9. The minimum Gasteiger partial charge on any atom is -0.494 e. The molecule has 0 spiro atoms. The van der Waals surface area contributed by atoms with Gasteiger partial charge in [0.25, 0.3) is 0 Å². The van der Waals surface area contributed by atoms with Crippen LogP contribution in [0.1, 0.15) is 24.8 Å². The Bertz CT molecular complexity index is 1240. The fourth-order valence-corrected chi connectivity index (χ4v) is 5.94. The van der Waals surface area contributed by atoms with Crippen molar-refractivity contribution in [3.63, 3.8) is 0 Å². The van der Waals surface area contributed by atoms with Crippen LogP contribution in [0.4, 0.5) is 23.1 Å². The van der Waals surface area contributed by atoms with Crippen LogP contribution in [0.2, 0.25) is 0 Å². The van der Waals surface area contributed by atoms with Crippen molar-refractivity contribution in [3.8, 4) is 11.8 Å². The summed E-state index contributed by atoms with van der Waals surface area (Å²) >= 11 is 0. The highest BCUT2D eigenvalue weighted by atomic mass is 32.3. The fraction of sp³-hybridized carbons (Fsp3) is 0.409. The molecule has 2 aliphatic heterocycles. The molecule has 2 aliphatic rings. The minimum absolute atomic E-state index is 0.190. The number of fused-ring (bicyclic) bond motifs is 1. The number of H-pyrrole nitrogens is 1. The van der Waals surface area contributed by atoms with E-state index in [1.165, 1.54) is 0 Å². The van der Waals surface area contributed by atoms with Crippen LogP contribution in [-0.4, -0.2) is 62.7 Å². The van der Waals surface area contributed by atoms with Gasteiger partial charge >= 0.3 is 0 Å². The second kappa shape index (κ2) is 9.19. The van der Waals surface area contributed by atoms with E-state index in [0.717, 1.165) is 19.3 Å². The molecule has 11 nitrogen and oxygen atoms in total. The van der Waals surface area contributed by atoms with E-state index in [0.29, 0.717) is 71.0 Å². The Balaban J connectivity index is 1.47. The first-order valence-corrected chi connectivity index (χ1v) is 12.8. The van der Waals surface area contributed by atoms with Gasteiger partial charge in [-0.25, -0.2) is 0 Å². The summed E-state index contributed by atoms with van der Waals surface area (Å²) in [5.74, 6) is 1.81. The number of nitrogens with one attached hydrogen (secondary N) is 3. The van der Waals surface area contributed by atoms with Gasteiger partial charge in [0.1, 0.15) is 23.3 Å². The standard InChI is InChI=1S/C22H27N7O4S/c1-32-18-11-16(29-7-2-10-34(29,30)31)3-4-17(18)26-22-27-20-19(14(12-23)13-24-20)21(28-22)25-15-5-8-33-9-6-15/h3-4,11,13,15,30-31H,2,5-10H2,1H3,(H3,24,25,26,27,28). The maximum Gasteiger partial charge on any atom is 0.231 e. The molecule has 5 N–H and O–H groups in total. The van der Waals surface area contributed by atoms with Crippen LogP contribution in [0.3, 0.4) is 0 Å². The molecule has 2 aromatic heterocycles. The highest BCUT2D eigenvalue weighted by molar-refractivity contribution is 8.25. The molecular weight excluding hydrogens is 458 g/mol. The molecule has 0 bridgehead atoms. The zero-order chi connectivity index (χ0) is 23.7. The smallest absolute Gasteiger partial charge is 0.231 e. The molecule has 2 saturated heterocycles. The van der Waals surface area contributed by atoms with E-state index in [-0.39, 0.29) is 6.04 Å². The summed E-state index contributed by atoms with van der Waals surface area (Å²) in [7, 11) is -1.24. The van der Waals surface area contributed by atoms with Crippen molar-refractivity contribution < 1.29 is 18.6 Å². The predicted molar refractivity (Wildman–Crippen MR) is 132 cm³/mol. The van der Waals surface area contributed by atoms with Gasteiger partial charge in [0.2, 0.25) is 5.95 Å². The van der Waals surface area contributed by atoms with Crippen LogP contribution in [0.15, 0.2) is 24.4 Å². The quantitative estimate of drug-likeness (QED) is 0.346. The molecule has 34 heavy (non-hydrogen) atoms. The average molecular weight is 486 g/mol. The van der Waals surface area contributed by atoms with Gasteiger partial charge in [-0.1, -0.05) is 0 Å². The van der Waals surface area contributed by atoms with E-state index in [1.807, 2.05) is 6.07 Å². The fourth-order valence-electron chi connectivity index (χ4n) is 4.33. The molecule has 5 rings (SSSR count). The van der Waals surface area contributed by atoms with Crippen molar-refractivity contribution in [2.24, 2.45) is 0 Å². The molecule has 2 fully saturated rings. The zero-order valence-corrected chi connectivity index (χ0v) is 19.6. The van der Waals surface area contributed by atoms with Crippen molar-refractivity contribution in [1.29, 1.82) is 5.26 Å². The lowest BCUT2D eigenvalue weighted by Gasteiger charge is -2.38. The van der Waals surface area contributed by atoms with E-state index in [1.54, 1.807) is 29.7 Å². The summed E-state index contributed by atoms with van der Waals surface area (Å²) in [6.07, 6.45) is 4.06. The number of aromatic amines is 1. The molecular formula is C22H27N7O4S. The van der Waals surface area contributed by atoms with Crippen molar-refractivity contribution in [3.05, 3.63) is 30.0 Å². The van der Waals surface area contributed by atoms with Gasteiger partial charge < -0.3 is 25.1 Å². The molecule has 0 unspecified atom stereocenters. The topological polar surface area (TPSA) is 152 Å². The van der Waals surface area contributed by atoms with Gasteiger partial charge in [0.15, 0.2) is 0 Å². The Labute approximate surface area is 198 Å². The third-order valence-electron chi connectivity index (χ3n) is 6.07. The number of methoxy groups -OCH3 is 1. The molecule has 4 heterocycles. The van der Waals surface area contributed by atoms with E-state index < -0.39 is 10.8 Å². The third-order valence-corrected chi connectivity index (χ3v) is 8.00. The first-order chi connectivity index (χ1) is 16.5. The largest absolute Gasteiger partial charge is 0.494 e. The van der Waals surface area contributed by atoms with E-state index in [2.05, 4.69) is 31.7 Å². The number of nitriles is 1. The third kappa shape index (κ3) is 4.30. The molecule has 0 amide bonds. The first-order valence-electron chi connectivity index (χ1n) is 11.1. The summed E-state index contributed by atoms with van der Waals surface area (Å²) in [6, 6.07) is 7.77. The highest BCUT2D eigenvalue weighted by Gasteiger charge is 2.29. The van der Waals surface area contributed by atoms with Crippen molar-refractivity contribution in [2.75, 3.05) is 47.6 Å². The van der Waals surface area contributed by atoms with Crippen molar-refractivity contribution in [2.45, 2.75) is 25.3 Å². The monoisotopic (exact) mass is 485 g/mol. The predicted octanol–water partition coefficient (Wildman–Crippen LogP) is 4.05. The number of benzene rings is 1. The Kier molecular flexibility index (Phi) is 6.09. The maximum absolute atomic E-state index is 10.3. The highest BCUT2D eigenvalue weighted by Crippen LogP contribution is 2.51. The van der Waals surface area contributed by atoms with Crippen LogP contribution in [0, 0.1) is 11.3 Å². The Hall–Kier alpha value is -3.24. The van der Waals surface area contributed by atoms with Crippen LogP contribution < -0.4 is 19.7 Å². The molecule has 0 radical (unpaired) electrons. The number of aromatic nitrogens is 3. The first kappa shape index (κ1) is 22.5. The zero-order valence-electron chi connectivity index (χ0n) is 18.7. The number of hydrogen-bond donors (Lipinski definition) is 5. The van der Waals surface area contributed by atoms with Gasteiger partial charge in [-0.15, -0.1) is 10.8 Å². The van der Waals surface area contributed by atoms with Crippen LogP contribution in [0.5, 0.6) is 5.75 Å². The lowest BCUT2D eigenvalue weighted by Crippen LogP contribution is -2.28. The number of rotatable bonds is 6. The molecule has 0 saturated carbocycles. The van der Waals surface area contributed by atoms with E-state index in [9.17, 15) is 14.4 Å². The lowest BCUT2D eigenvalue weighted by molar-refractivity contribution is 0.0904. The van der Waals surface area contributed by atoms with Gasteiger partial charge in [-0.05, 0) is 31.4 Å². The molecule has 1 aromatic carbocycles. The minimum atomic E-state index is -2.80. The molecule has 12 heteroatoms. The molecule has 180 valence electrons. The lowest BCUT2D eigenvalue weighted by atomic mass is 10.1. The average Bonchev–Trinajstić information content (AvgIpc) is 3.42. The van der Waals surface area contributed by atoms with Crippen molar-refractivity contribution >= 4 is 45.0 Å². The Morgan fingerprint density at radius 3 is 2.82 bits per heavy atom. The summed E-state index contributed by atoms with van der Waals surface area (Å²) in [4.78, 5) is 12.3. The second-order valence-corrected chi connectivity index (χ2v) is 10.4. The Morgan fingerprint density at radius 2 is 2.12 bits per heavy atom. The van der Waals surface area contributed by atoms with Gasteiger partial charge in [0, 0.05) is 38.1 Å². The van der Waals surface area contributed by atoms with Crippen molar-refractivity contribution in [1.82, 2.24) is 15.0 Å². The summed E-state index contributed by atoms with van der Waals surface area (Å²) < 4.78 is 33.3.